The Morgan fingerprint density at radius 2 is 2.45 bits per heavy atom. The van der Waals surface area contributed by atoms with Gasteiger partial charge in [0.05, 0.1) is 29.7 Å². The first kappa shape index (κ1) is 13.4. The second kappa shape index (κ2) is 6.25. The number of hydroxylamine groups is 1. The maximum Gasteiger partial charge on any atom is 0.156 e. The summed E-state index contributed by atoms with van der Waals surface area (Å²) in [7, 11) is 0. The monoisotopic (exact) mass is 277 g/mol. The van der Waals surface area contributed by atoms with Crippen molar-refractivity contribution in [2.75, 3.05) is 32.8 Å². The second-order valence-corrected chi connectivity index (χ2v) is 4.87. The molecule has 1 saturated heterocycles. The number of aliphatic imine (C=N–C) groups is 1. The molecule has 0 aromatic carbocycles. The van der Waals surface area contributed by atoms with Crippen LogP contribution in [0.5, 0.6) is 0 Å². The molecule has 2 aliphatic rings. The standard InChI is InChI=1S/C13H19N5O2/c1-9-12-11(17-8-16-9)2-3-15-13(12)18-20-7-10-6-14-4-5-19-10/h8,10,14H,2-7H2,1H3,(H,15,18). The lowest BCUT2D eigenvalue weighted by Gasteiger charge is -2.24. The van der Waals surface area contributed by atoms with Crippen LogP contribution in [0.4, 0.5) is 0 Å². The highest BCUT2D eigenvalue weighted by atomic mass is 16.7. The molecular formula is C13H19N5O2. The number of hydrogen-bond acceptors (Lipinski definition) is 7. The zero-order valence-electron chi connectivity index (χ0n) is 11.6. The van der Waals surface area contributed by atoms with Gasteiger partial charge < -0.3 is 10.1 Å². The van der Waals surface area contributed by atoms with Crippen LogP contribution in [0, 0.1) is 6.92 Å². The van der Waals surface area contributed by atoms with Gasteiger partial charge in [0.25, 0.3) is 0 Å². The van der Waals surface area contributed by atoms with Crippen molar-refractivity contribution in [3.05, 3.63) is 23.3 Å². The molecule has 0 saturated carbocycles. The van der Waals surface area contributed by atoms with E-state index in [-0.39, 0.29) is 6.10 Å². The van der Waals surface area contributed by atoms with Gasteiger partial charge in [-0.15, -0.1) is 0 Å². The van der Waals surface area contributed by atoms with E-state index >= 15 is 0 Å². The van der Waals surface area contributed by atoms with Crippen molar-refractivity contribution in [2.24, 2.45) is 4.99 Å². The van der Waals surface area contributed by atoms with Crippen molar-refractivity contribution in [1.82, 2.24) is 20.8 Å². The Hall–Kier alpha value is -1.57. The Morgan fingerprint density at radius 3 is 3.30 bits per heavy atom. The summed E-state index contributed by atoms with van der Waals surface area (Å²) < 4.78 is 5.57. The van der Waals surface area contributed by atoms with E-state index in [1.165, 1.54) is 0 Å². The minimum absolute atomic E-state index is 0.0769. The summed E-state index contributed by atoms with van der Waals surface area (Å²) in [6.07, 6.45) is 2.52. The Bertz CT molecular complexity index is 500. The normalized spacial score (nSPS) is 22.1. The molecule has 3 rings (SSSR count). The zero-order valence-corrected chi connectivity index (χ0v) is 11.6. The molecule has 1 fully saturated rings. The van der Waals surface area contributed by atoms with Crippen LogP contribution in [0.1, 0.15) is 17.0 Å². The first-order valence-electron chi connectivity index (χ1n) is 6.90. The molecule has 7 heteroatoms. The third-order valence-electron chi connectivity index (χ3n) is 3.41. The molecule has 0 amide bonds. The molecule has 2 N–H and O–H groups in total. The topological polar surface area (TPSA) is 80.7 Å². The maximum atomic E-state index is 5.57. The molecule has 0 radical (unpaired) electrons. The third-order valence-corrected chi connectivity index (χ3v) is 3.41. The number of amidine groups is 1. The number of fused-ring (bicyclic) bond motifs is 1. The van der Waals surface area contributed by atoms with Gasteiger partial charge in [0.2, 0.25) is 0 Å². The van der Waals surface area contributed by atoms with E-state index in [0.717, 1.165) is 49.6 Å². The summed E-state index contributed by atoms with van der Waals surface area (Å²) in [6.45, 7) is 5.60. The molecule has 1 atom stereocenters. The summed E-state index contributed by atoms with van der Waals surface area (Å²) >= 11 is 0. The van der Waals surface area contributed by atoms with E-state index in [1.807, 2.05) is 6.92 Å². The van der Waals surface area contributed by atoms with E-state index in [4.69, 9.17) is 9.57 Å². The van der Waals surface area contributed by atoms with Crippen LogP contribution in [-0.4, -0.2) is 54.8 Å². The predicted octanol–water partition coefficient (Wildman–Crippen LogP) is -0.403. The third kappa shape index (κ3) is 2.95. The van der Waals surface area contributed by atoms with Crippen LogP contribution in [0.3, 0.4) is 0 Å². The van der Waals surface area contributed by atoms with Gasteiger partial charge in [0, 0.05) is 26.1 Å². The molecule has 0 spiro atoms. The lowest BCUT2D eigenvalue weighted by atomic mass is 10.1. The Labute approximate surface area is 117 Å². The molecule has 1 aromatic heterocycles. The molecule has 1 unspecified atom stereocenters. The van der Waals surface area contributed by atoms with Crippen LogP contribution in [0.15, 0.2) is 11.3 Å². The quantitative estimate of drug-likeness (QED) is 0.732. The van der Waals surface area contributed by atoms with Crippen molar-refractivity contribution in [2.45, 2.75) is 19.4 Å². The first-order chi connectivity index (χ1) is 9.84. The number of aryl methyl sites for hydroxylation is 1. The summed E-state index contributed by atoms with van der Waals surface area (Å²) in [5.41, 5.74) is 5.83. The number of aromatic nitrogens is 2. The average Bonchev–Trinajstić information content (AvgIpc) is 2.49. The highest BCUT2D eigenvalue weighted by molar-refractivity contribution is 6.00. The van der Waals surface area contributed by atoms with Crippen LogP contribution in [0.25, 0.3) is 0 Å². The van der Waals surface area contributed by atoms with E-state index in [1.54, 1.807) is 6.33 Å². The van der Waals surface area contributed by atoms with Crippen molar-refractivity contribution in [3.8, 4) is 0 Å². The van der Waals surface area contributed by atoms with Crippen LogP contribution in [0.2, 0.25) is 0 Å². The minimum atomic E-state index is 0.0769. The molecule has 2 aliphatic heterocycles. The SMILES string of the molecule is Cc1ncnc2c1C(NOCC1CNCCO1)=NCC2. The summed E-state index contributed by atoms with van der Waals surface area (Å²) in [4.78, 5) is 18.5. The molecule has 3 heterocycles. The van der Waals surface area contributed by atoms with Crippen LogP contribution in [-0.2, 0) is 16.0 Å². The van der Waals surface area contributed by atoms with E-state index in [0.29, 0.717) is 12.4 Å². The fourth-order valence-corrected chi connectivity index (χ4v) is 2.39. The largest absolute Gasteiger partial charge is 0.373 e. The molecular weight excluding hydrogens is 258 g/mol. The van der Waals surface area contributed by atoms with E-state index in [9.17, 15) is 0 Å². The zero-order chi connectivity index (χ0) is 13.8. The molecule has 0 bridgehead atoms. The number of nitrogens with one attached hydrogen (secondary N) is 2. The smallest absolute Gasteiger partial charge is 0.156 e. The molecule has 1 aromatic rings. The summed E-state index contributed by atoms with van der Waals surface area (Å²) in [5.74, 6) is 0.716. The Morgan fingerprint density at radius 1 is 1.50 bits per heavy atom. The summed E-state index contributed by atoms with van der Waals surface area (Å²) in [5, 5.41) is 3.27. The van der Waals surface area contributed by atoms with Gasteiger partial charge in [-0.25, -0.2) is 15.4 Å². The highest BCUT2D eigenvalue weighted by Gasteiger charge is 2.19. The van der Waals surface area contributed by atoms with Gasteiger partial charge in [0.1, 0.15) is 12.9 Å². The molecule has 108 valence electrons. The first-order valence-corrected chi connectivity index (χ1v) is 6.90. The number of ether oxygens (including phenoxy) is 1. The lowest BCUT2D eigenvalue weighted by molar-refractivity contribution is -0.0469. The van der Waals surface area contributed by atoms with Gasteiger partial charge in [-0.05, 0) is 6.92 Å². The Kier molecular flexibility index (Phi) is 4.19. The van der Waals surface area contributed by atoms with Crippen molar-refractivity contribution in [3.63, 3.8) is 0 Å². The maximum absolute atomic E-state index is 5.57. The van der Waals surface area contributed by atoms with Gasteiger partial charge in [-0.2, -0.15) is 0 Å². The predicted molar refractivity (Wildman–Crippen MR) is 73.6 cm³/mol. The number of morpholine rings is 1. The minimum Gasteiger partial charge on any atom is -0.373 e. The lowest BCUT2D eigenvalue weighted by Crippen LogP contribution is -2.43. The van der Waals surface area contributed by atoms with Crippen molar-refractivity contribution in [1.29, 1.82) is 0 Å². The number of hydrogen-bond donors (Lipinski definition) is 2. The molecule has 0 aliphatic carbocycles. The van der Waals surface area contributed by atoms with Gasteiger partial charge in [-0.3, -0.25) is 9.83 Å². The Balaban J connectivity index is 1.59. The fraction of sp³-hybridized carbons (Fsp3) is 0.615. The van der Waals surface area contributed by atoms with E-state index < -0.39 is 0 Å². The van der Waals surface area contributed by atoms with Crippen molar-refractivity contribution >= 4 is 5.84 Å². The van der Waals surface area contributed by atoms with Gasteiger partial charge in [0.15, 0.2) is 5.84 Å². The van der Waals surface area contributed by atoms with Gasteiger partial charge >= 0.3 is 0 Å². The number of nitrogens with zero attached hydrogens (tertiary/aromatic N) is 3. The molecule has 20 heavy (non-hydrogen) atoms. The average molecular weight is 277 g/mol. The van der Waals surface area contributed by atoms with Gasteiger partial charge in [-0.1, -0.05) is 0 Å². The fourth-order valence-electron chi connectivity index (χ4n) is 2.39. The van der Waals surface area contributed by atoms with E-state index in [2.05, 4.69) is 25.8 Å². The highest BCUT2D eigenvalue weighted by Crippen LogP contribution is 2.14. The van der Waals surface area contributed by atoms with Crippen LogP contribution < -0.4 is 10.8 Å². The molecule has 7 nitrogen and oxygen atoms in total. The van der Waals surface area contributed by atoms with Crippen LogP contribution >= 0.6 is 0 Å². The summed E-state index contributed by atoms with van der Waals surface area (Å²) in [6, 6.07) is 0. The second-order valence-electron chi connectivity index (χ2n) is 4.87. The number of rotatable bonds is 3. The van der Waals surface area contributed by atoms with Crippen molar-refractivity contribution < 1.29 is 9.57 Å².